The summed E-state index contributed by atoms with van der Waals surface area (Å²) >= 11 is 3.47. The summed E-state index contributed by atoms with van der Waals surface area (Å²) in [7, 11) is 0. The number of halogens is 1. The molecule has 0 radical (unpaired) electrons. The molecule has 0 spiro atoms. The van der Waals surface area contributed by atoms with Crippen molar-refractivity contribution in [1.82, 2.24) is 0 Å². The highest BCUT2D eigenvalue weighted by Crippen LogP contribution is 2.31. The lowest BCUT2D eigenvalue weighted by Gasteiger charge is -2.28. The van der Waals surface area contributed by atoms with Crippen molar-refractivity contribution in [2.75, 3.05) is 22.1 Å². The number of hydrogen-bond acceptors (Lipinski definition) is 3. The van der Waals surface area contributed by atoms with Gasteiger partial charge in [-0.05, 0) is 49.7 Å². The smallest absolute Gasteiger partial charge is 0.246 e. The molecule has 0 saturated carbocycles. The predicted molar refractivity (Wildman–Crippen MR) is 104 cm³/mol. The van der Waals surface area contributed by atoms with Crippen LogP contribution in [0.3, 0.4) is 0 Å². The maximum atomic E-state index is 12.9. The second kappa shape index (κ2) is 7.27. The van der Waals surface area contributed by atoms with Gasteiger partial charge in [0.1, 0.15) is 0 Å². The van der Waals surface area contributed by atoms with Gasteiger partial charge in [0, 0.05) is 22.6 Å². The first-order valence-electron chi connectivity index (χ1n) is 8.16. The molecular weight excluding hydrogens is 382 g/mol. The van der Waals surface area contributed by atoms with E-state index >= 15 is 0 Å². The molecule has 0 unspecified atom stereocenters. The van der Waals surface area contributed by atoms with Crippen LogP contribution in [0, 0.1) is 6.92 Å². The number of benzene rings is 2. The minimum Gasteiger partial charge on any atom is -0.376 e. The standard InChI is InChI=1S/C19H20BrN3O2/c1-12-9-14(7-8-15(12)20)21-11-19(25)23-13(2)10-18(24)22-16-5-3-4-6-17(16)23/h3-9,13,21H,10-11H2,1-2H3,(H,22,24)/t13-/m0/s1. The Morgan fingerprint density at radius 2 is 2.08 bits per heavy atom. The van der Waals surface area contributed by atoms with E-state index in [2.05, 4.69) is 26.6 Å². The Bertz CT molecular complexity index is 822. The van der Waals surface area contributed by atoms with E-state index < -0.39 is 0 Å². The van der Waals surface area contributed by atoms with Gasteiger partial charge in [-0.25, -0.2) is 0 Å². The number of nitrogens with one attached hydrogen (secondary N) is 2. The van der Waals surface area contributed by atoms with E-state index in [1.54, 1.807) is 4.90 Å². The van der Waals surface area contributed by atoms with Crippen molar-refractivity contribution in [2.45, 2.75) is 26.3 Å². The number of hydrogen-bond donors (Lipinski definition) is 2. The van der Waals surface area contributed by atoms with E-state index in [0.29, 0.717) is 5.69 Å². The number of rotatable bonds is 3. The molecule has 0 bridgehead atoms. The summed E-state index contributed by atoms with van der Waals surface area (Å²) in [4.78, 5) is 26.6. The highest BCUT2D eigenvalue weighted by molar-refractivity contribution is 9.10. The number of aryl methyl sites for hydroxylation is 1. The van der Waals surface area contributed by atoms with Crippen LogP contribution in [0.2, 0.25) is 0 Å². The molecule has 2 N–H and O–H groups in total. The van der Waals surface area contributed by atoms with Gasteiger partial charge >= 0.3 is 0 Å². The number of para-hydroxylation sites is 2. The Morgan fingerprint density at radius 1 is 1.32 bits per heavy atom. The highest BCUT2D eigenvalue weighted by atomic mass is 79.9. The Morgan fingerprint density at radius 3 is 2.84 bits per heavy atom. The molecule has 2 aromatic carbocycles. The van der Waals surface area contributed by atoms with Gasteiger partial charge in [-0.15, -0.1) is 0 Å². The predicted octanol–water partition coefficient (Wildman–Crippen LogP) is 3.93. The fraction of sp³-hybridized carbons (Fsp3) is 0.263. The van der Waals surface area contributed by atoms with Gasteiger partial charge in [-0.3, -0.25) is 9.59 Å². The van der Waals surface area contributed by atoms with Crippen LogP contribution in [0.25, 0.3) is 0 Å². The zero-order chi connectivity index (χ0) is 18.0. The van der Waals surface area contributed by atoms with E-state index in [9.17, 15) is 9.59 Å². The largest absolute Gasteiger partial charge is 0.376 e. The third-order valence-corrected chi connectivity index (χ3v) is 5.12. The lowest BCUT2D eigenvalue weighted by Crippen LogP contribution is -2.42. The molecule has 6 heteroatoms. The van der Waals surface area contributed by atoms with Crippen LogP contribution < -0.4 is 15.5 Å². The van der Waals surface area contributed by atoms with Gasteiger partial charge < -0.3 is 15.5 Å². The molecule has 130 valence electrons. The first kappa shape index (κ1) is 17.5. The van der Waals surface area contributed by atoms with E-state index in [1.165, 1.54) is 0 Å². The lowest BCUT2D eigenvalue weighted by atomic mass is 10.1. The monoisotopic (exact) mass is 401 g/mol. The van der Waals surface area contributed by atoms with E-state index in [0.717, 1.165) is 21.4 Å². The summed E-state index contributed by atoms with van der Waals surface area (Å²) in [5, 5.41) is 6.04. The highest BCUT2D eigenvalue weighted by Gasteiger charge is 2.29. The summed E-state index contributed by atoms with van der Waals surface area (Å²) < 4.78 is 1.03. The molecule has 1 aliphatic rings. The third kappa shape index (κ3) is 3.85. The molecule has 0 aromatic heterocycles. The van der Waals surface area contributed by atoms with Crippen LogP contribution in [0.5, 0.6) is 0 Å². The number of amides is 2. The summed E-state index contributed by atoms with van der Waals surface area (Å²) in [5.41, 5.74) is 3.39. The van der Waals surface area contributed by atoms with Crippen LogP contribution in [0.15, 0.2) is 46.9 Å². The second-order valence-corrected chi connectivity index (χ2v) is 7.05. The molecule has 0 saturated heterocycles. The number of anilines is 3. The van der Waals surface area contributed by atoms with Crippen LogP contribution >= 0.6 is 15.9 Å². The van der Waals surface area contributed by atoms with Gasteiger partial charge in [0.15, 0.2) is 0 Å². The maximum Gasteiger partial charge on any atom is 0.246 e. The van der Waals surface area contributed by atoms with Crippen molar-refractivity contribution in [1.29, 1.82) is 0 Å². The van der Waals surface area contributed by atoms with Crippen LogP contribution in [-0.2, 0) is 9.59 Å². The molecule has 1 aliphatic heterocycles. The zero-order valence-electron chi connectivity index (χ0n) is 14.2. The minimum atomic E-state index is -0.204. The van der Waals surface area contributed by atoms with Gasteiger partial charge in [0.25, 0.3) is 0 Å². The quantitative estimate of drug-likeness (QED) is 0.818. The van der Waals surface area contributed by atoms with Gasteiger partial charge in [-0.2, -0.15) is 0 Å². The molecule has 5 nitrogen and oxygen atoms in total. The van der Waals surface area contributed by atoms with Crippen LogP contribution in [0.1, 0.15) is 18.9 Å². The third-order valence-electron chi connectivity index (χ3n) is 4.23. The summed E-state index contributed by atoms with van der Waals surface area (Å²) in [6.07, 6.45) is 0.276. The Kier molecular flexibility index (Phi) is 5.08. The fourth-order valence-electron chi connectivity index (χ4n) is 2.99. The molecule has 2 amide bonds. The van der Waals surface area contributed by atoms with E-state index in [4.69, 9.17) is 0 Å². The Labute approximate surface area is 155 Å². The summed E-state index contributed by atoms with van der Waals surface area (Å²) in [5.74, 6) is -0.149. The molecule has 0 fully saturated rings. The molecule has 1 atom stereocenters. The van der Waals surface area contributed by atoms with Crippen molar-refractivity contribution in [3.05, 3.63) is 52.5 Å². The van der Waals surface area contributed by atoms with Crippen molar-refractivity contribution < 1.29 is 9.59 Å². The minimum absolute atomic E-state index is 0.0722. The number of fused-ring (bicyclic) bond motifs is 1. The van der Waals surface area contributed by atoms with Gasteiger partial charge in [0.05, 0.1) is 17.9 Å². The van der Waals surface area contributed by atoms with Crippen molar-refractivity contribution >= 4 is 44.8 Å². The van der Waals surface area contributed by atoms with E-state index in [1.807, 2.05) is 56.3 Å². The molecule has 25 heavy (non-hydrogen) atoms. The Balaban J connectivity index is 1.80. The van der Waals surface area contributed by atoms with Crippen molar-refractivity contribution in [2.24, 2.45) is 0 Å². The topological polar surface area (TPSA) is 61.4 Å². The fourth-order valence-corrected chi connectivity index (χ4v) is 3.23. The molecule has 1 heterocycles. The zero-order valence-corrected chi connectivity index (χ0v) is 15.8. The van der Waals surface area contributed by atoms with Gasteiger partial charge in [-0.1, -0.05) is 28.1 Å². The molecule has 0 aliphatic carbocycles. The first-order valence-corrected chi connectivity index (χ1v) is 8.96. The number of nitrogens with zero attached hydrogens (tertiary/aromatic N) is 1. The normalized spacial score (nSPS) is 16.7. The van der Waals surface area contributed by atoms with Gasteiger partial charge in [0.2, 0.25) is 11.8 Å². The molecule has 3 rings (SSSR count). The van der Waals surface area contributed by atoms with Crippen molar-refractivity contribution in [3.63, 3.8) is 0 Å². The lowest BCUT2D eigenvalue weighted by molar-refractivity contribution is -0.118. The van der Waals surface area contributed by atoms with Crippen LogP contribution in [0.4, 0.5) is 17.1 Å². The maximum absolute atomic E-state index is 12.9. The second-order valence-electron chi connectivity index (χ2n) is 6.20. The summed E-state index contributed by atoms with van der Waals surface area (Å²) in [6.45, 7) is 4.05. The number of carbonyl (C=O) groups is 2. The average molecular weight is 402 g/mol. The number of carbonyl (C=O) groups excluding carboxylic acids is 2. The molecular formula is C19H20BrN3O2. The summed E-state index contributed by atoms with van der Waals surface area (Å²) in [6, 6.07) is 13.1. The van der Waals surface area contributed by atoms with Crippen molar-refractivity contribution in [3.8, 4) is 0 Å². The van der Waals surface area contributed by atoms with Crippen LogP contribution in [-0.4, -0.2) is 24.4 Å². The van der Waals surface area contributed by atoms with E-state index in [-0.39, 0.29) is 30.8 Å². The molecule has 2 aromatic rings. The Hall–Kier alpha value is -2.34. The first-order chi connectivity index (χ1) is 12.0. The average Bonchev–Trinajstić information content (AvgIpc) is 2.70. The SMILES string of the molecule is Cc1cc(NCC(=O)N2c3ccccc3NC(=O)C[C@@H]2C)ccc1Br.